The Morgan fingerprint density at radius 3 is 2.92 bits per heavy atom. The van der Waals surface area contributed by atoms with Crippen molar-refractivity contribution in [3.8, 4) is 5.75 Å². The highest BCUT2D eigenvalue weighted by Crippen LogP contribution is 2.31. The van der Waals surface area contributed by atoms with E-state index >= 15 is 0 Å². The van der Waals surface area contributed by atoms with E-state index in [0.29, 0.717) is 19.6 Å². The van der Waals surface area contributed by atoms with Gasteiger partial charge in [-0.2, -0.15) is 0 Å². The zero-order valence-electron chi connectivity index (χ0n) is 14.3. The van der Waals surface area contributed by atoms with Gasteiger partial charge >= 0.3 is 0 Å². The van der Waals surface area contributed by atoms with E-state index < -0.39 is 0 Å². The highest BCUT2D eigenvalue weighted by molar-refractivity contribution is 5.88. The summed E-state index contributed by atoms with van der Waals surface area (Å²) in [4.78, 5) is 26.8. The lowest BCUT2D eigenvalue weighted by Gasteiger charge is -2.26. The molecule has 0 unspecified atom stereocenters. The molecule has 1 saturated heterocycles. The molecule has 0 aromatic heterocycles. The van der Waals surface area contributed by atoms with Gasteiger partial charge in [0.1, 0.15) is 11.8 Å². The summed E-state index contributed by atoms with van der Waals surface area (Å²) in [7, 11) is 0. The molecule has 0 bridgehead atoms. The fourth-order valence-electron chi connectivity index (χ4n) is 3.64. The molecule has 5 heteroatoms. The fourth-order valence-corrected chi connectivity index (χ4v) is 3.64. The molecular formula is C19H26N2O3. The predicted octanol–water partition coefficient (Wildman–Crippen LogP) is 2.81. The molecule has 0 radical (unpaired) electrons. The minimum Gasteiger partial charge on any atom is -0.493 e. The van der Waals surface area contributed by atoms with Gasteiger partial charge in [-0.25, -0.2) is 0 Å². The molecule has 0 spiro atoms. The first-order valence-corrected chi connectivity index (χ1v) is 9.02. The number of rotatable bonds is 4. The van der Waals surface area contributed by atoms with Crippen molar-refractivity contribution >= 4 is 11.8 Å². The van der Waals surface area contributed by atoms with Crippen molar-refractivity contribution in [3.05, 3.63) is 29.8 Å². The number of carbonyl (C=O) groups excluding carboxylic acids is 2. The molecule has 1 fully saturated rings. The third-order valence-electron chi connectivity index (χ3n) is 4.85. The van der Waals surface area contributed by atoms with Crippen LogP contribution in [0.1, 0.15) is 57.1 Å². The normalized spacial score (nSPS) is 23.1. The molecule has 2 aliphatic heterocycles. The van der Waals surface area contributed by atoms with Gasteiger partial charge in [0.2, 0.25) is 11.8 Å². The Balaban J connectivity index is 1.71. The number of likely N-dealkylation sites (tertiary alicyclic amines) is 1. The molecule has 1 aromatic rings. The van der Waals surface area contributed by atoms with Crippen molar-refractivity contribution in [2.24, 2.45) is 0 Å². The Morgan fingerprint density at radius 1 is 1.25 bits per heavy atom. The number of amides is 2. The smallest absolute Gasteiger partial charge is 0.243 e. The average molecular weight is 330 g/mol. The third-order valence-corrected chi connectivity index (χ3v) is 4.85. The van der Waals surface area contributed by atoms with Gasteiger partial charge < -0.3 is 15.0 Å². The maximum absolute atomic E-state index is 12.8. The summed E-state index contributed by atoms with van der Waals surface area (Å²) in [6, 6.07) is 7.53. The van der Waals surface area contributed by atoms with Gasteiger partial charge in [-0.15, -0.1) is 0 Å². The van der Waals surface area contributed by atoms with Gasteiger partial charge in [-0.05, 0) is 38.2 Å². The Morgan fingerprint density at radius 2 is 2.08 bits per heavy atom. The van der Waals surface area contributed by atoms with Crippen LogP contribution in [0, 0.1) is 0 Å². The van der Waals surface area contributed by atoms with Crippen molar-refractivity contribution in [2.45, 2.75) is 57.5 Å². The van der Waals surface area contributed by atoms with Crippen molar-refractivity contribution in [3.63, 3.8) is 0 Å². The molecule has 2 aliphatic rings. The molecular weight excluding hydrogens is 304 g/mol. The quantitative estimate of drug-likeness (QED) is 0.923. The van der Waals surface area contributed by atoms with E-state index in [2.05, 4.69) is 5.32 Å². The zero-order chi connectivity index (χ0) is 16.9. The molecule has 0 saturated carbocycles. The Hall–Kier alpha value is -2.04. The van der Waals surface area contributed by atoms with Gasteiger partial charge in [0.25, 0.3) is 0 Å². The predicted molar refractivity (Wildman–Crippen MR) is 91.7 cm³/mol. The fraction of sp³-hybridized carbons (Fsp3) is 0.579. The molecule has 2 heterocycles. The largest absolute Gasteiger partial charge is 0.493 e. The average Bonchev–Trinajstić information content (AvgIpc) is 3.00. The molecule has 1 aromatic carbocycles. The van der Waals surface area contributed by atoms with Crippen LogP contribution in [0.25, 0.3) is 0 Å². The van der Waals surface area contributed by atoms with Crippen LogP contribution < -0.4 is 10.1 Å². The van der Waals surface area contributed by atoms with E-state index in [0.717, 1.165) is 43.4 Å². The summed E-state index contributed by atoms with van der Waals surface area (Å²) >= 11 is 0. The SMILES string of the molecule is CCCC(=O)N1CCC[C@@H]1C(=O)N[C@H]1CCCOc2ccccc21. The standard InChI is InChI=1S/C19H26N2O3/c1-2-7-18(22)21-12-5-10-16(21)19(23)20-15-9-6-13-24-17-11-4-3-8-14(15)17/h3-4,8,11,15-16H,2,5-7,9-10,12-13H2,1H3,(H,20,23)/t15-,16+/m0/s1. The van der Waals surface area contributed by atoms with E-state index in [9.17, 15) is 9.59 Å². The number of hydrogen-bond donors (Lipinski definition) is 1. The minimum absolute atomic E-state index is 0.0290. The second-order valence-corrected chi connectivity index (χ2v) is 6.58. The number of carbonyl (C=O) groups is 2. The lowest BCUT2D eigenvalue weighted by molar-refractivity contribution is -0.138. The Kier molecular flexibility index (Phi) is 5.38. The van der Waals surface area contributed by atoms with Crippen molar-refractivity contribution in [1.82, 2.24) is 10.2 Å². The monoisotopic (exact) mass is 330 g/mol. The summed E-state index contributed by atoms with van der Waals surface area (Å²) in [5.74, 6) is 0.920. The number of nitrogens with one attached hydrogen (secondary N) is 1. The molecule has 2 atom stereocenters. The number of hydrogen-bond acceptors (Lipinski definition) is 3. The van der Waals surface area contributed by atoms with Crippen molar-refractivity contribution in [1.29, 1.82) is 0 Å². The summed E-state index contributed by atoms with van der Waals surface area (Å²) in [5, 5.41) is 3.17. The lowest BCUT2D eigenvalue weighted by atomic mass is 10.0. The first-order valence-electron chi connectivity index (χ1n) is 9.02. The minimum atomic E-state index is -0.319. The van der Waals surface area contributed by atoms with E-state index in [1.54, 1.807) is 4.90 Å². The maximum Gasteiger partial charge on any atom is 0.243 e. The van der Waals surface area contributed by atoms with Crippen LogP contribution in [-0.2, 0) is 9.59 Å². The Bertz CT molecular complexity index is 602. The molecule has 5 nitrogen and oxygen atoms in total. The number of fused-ring (bicyclic) bond motifs is 1. The lowest BCUT2D eigenvalue weighted by Crippen LogP contribution is -2.46. The number of ether oxygens (including phenoxy) is 1. The summed E-state index contributed by atoms with van der Waals surface area (Å²) in [6.07, 6.45) is 4.76. The maximum atomic E-state index is 12.8. The highest BCUT2D eigenvalue weighted by Gasteiger charge is 2.35. The van der Waals surface area contributed by atoms with E-state index in [1.807, 2.05) is 31.2 Å². The van der Waals surface area contributed by atoms with Crippen molar-refractivity contribution in [2.75, 3.05) is 13.2 Å². The van der Waals surface area contributed by atoms with E-state index in [4.69, 9.17) is 4.74 Å². The highest BCUT2D eigenvalue weighted by atomic mass is 16.5. The second-order valence-electron chi connectivity index (χ2n) is 6.58. The van der Waals surface area contributed by atoms with Gasteiger partial charge in [-0.1, -0.05) is 25.1 Å². The van der Waals surface area contributed by atoms with Gasteiger partial charge in [0.15, 0.2) is 0 Å². The van der Waals surface area contributed by atoms with Gasteiger partial charge in [0, 0.05) is 18.5 Å². The topological polar surface area (TPSA) is 58.6 Å². The van der Waals surface area contributed by atoms with Crippen LogP contribution >= 0.6 is 0 Å². The van der Waals surface area contributed by atoms with E-state index in [-0.39, 0.29) is 23.9 Å². The van der Waals surface area contributed by atoms with Crippen LogP contribution in [0.2, 0.25) is 0 Å². The molecule has 130 valence electrons. The van der Waals surface area contributed by atoms with Crippen LogP contribution in [0.4, 0.5) is 0 Å². The summed E-state index contributed by atoms with van der Waals surface area (Å²) in [5.41, 5.74) is 1.03. The van der Waals surface area contributed by atoms with E-state index in [1.165, 1.54) is 0 Å². The second kappa shape index (κ2) is 7.69. The first kappa shape index (κ1) is 16.8. The molecule has 0 aliphatic carbocycles. The molecule has 1 N–H and O–H groups in total. The number of benzene rings is 1. The van der Waals surface area contributed by atoms with Crippen LogP contribution in [0.3, 0.4) is 0 Å². The van der Waals surface area contributed by atoms with Crippen molar-refractivity contribution < 1.29 is 14.3 Å². The number of para-hydroxylation sites is 1. The third kappa shape index (κ3) is 3.55. The molecule has 24 heavy (non-hydrogen) atoms. The Labute approximate surface area is 143 Å². The zero-order valence-corrected chi connectivity index (χ0v) is 14.3. The first-order chi connectivity index (χ1) is 11.7. The van der Waals surface area contributed by atoms with Crippen LogP contribution in [-0.4, -0.2) is 35.9 Å². The van der Waals surface area contributed by atoms with Gasteiger partial charge in [-0.3, -0.25) is 9.59 Å². The molecule has 3 rings (SSSR count). The summed E-state index contributed by atoms with van der Waals surface area (Å²) in [6.45, 7) is 3.36. The van der Waals surface area contributed by atoms with Crippen LogP contribution in [0.5, 0.6) is 5.75 Å². The van der Waals surface area contributed by atoms with Crippen LogP contribution in [0.15, 0.2) is 24.3 Å². The summed E-state index contributed by atoms with van der Waals surface area (Å²) < 4.78 is 5.76. The van der Waals surface area contributed by atoms with Gasteiger partial charge in [0.05, 0.1) is 12.6 Å². The number of nitrogens with zero attached hydrogens (tertiary/aromatic N) is 1. The molecule has 2 amide bonds.